The van der Waals surface area contributed by atoms with E-state index in [0.29, 0.717) is 0 Å². The third-order valence-electron chi connectivity index (χ3n) is 0.805. The van der Waals surface area contributed by atoms with Gasteiger partial charge in [-0.05, 0) is 0 Å². The Morgan fingerprint density at radius 2 is 1.09 bits per heavy atom. The molecule has 0 spiro atoms. The number of hydrogen-bond donors (Lipinski definition) is 4. The summed E-state index contributed by atoms with van der Waals surface area (Å²) in [6.45, 7) is 0. The minimum atomic E-state index is -2.27. The molecule has 0 bridgehead atoms. The molecule has 0 amide bonds. The van der Waals surface area contributed by atoms with Gasteiger partial charge < -0.3 is 20.4 Å². The molecule has 0 aliphatic rings. The number of carbonyl (C=O) groups is 2. The van der Waals surface area contributed by atoms with Gasteiger partial charge in [-0.1, -0.05) is 0 Å². The van der Waals surface area contributed by atoms with E-state index >= 15 is 0 Å². The quantitative estimate of drug-likeness (QED) is 0.467. The summed E-state index contributed by atoms with van der Waals surface area (Å²) in [5.74, 6) is -3.54. The van der Waals surface area contributed by atoms with E-state index in [0.717, 1.165) is 0 Å². The second kappa shape index (κ2) is 5.19. The zero-order chi connectivity index (χ0) is 8.31. The molecule has 2 unspecified atom stereocenters. The van der Waals surface area contributed by atoms with Crippen LogP contribution in [-0.4, -0.2) is 44.6 Å². The Labute approximate surface area is 74.5 Å². The van der Waals surface area contributed by atoms with Crippen molar-refractivity contribution >= 4 is 11.9 Å². The number of hydrogen-bond acceptors (Lipinski definition) is 4. The first-order valence-electron chi connectivity index (χ1n) is 2.28. The third kappa shape index (κ3) is 4.04. The molecule has 4 N–H and O–H groups in total. The minimum Gasteiger partial charge on any atom is -0.479 e. The zero-order valence-corrected chi connectivity index (χ0v) is 7.65. The van der Waals surface area contributed by atoms with Gasteiger partial charge in [-0.3, -0.25) is 0 Å². The van der Waals surface area contributed by atoms with Crippen LogP contribution in [0, 0.1) is 0 Å². The Morgan fingerprint density at radius 1 is 0.909 bits per heavy atom. The van der Waals surface area contributed by atoms with Crippen LogP contribution in [0.1, 0.15) is 0 Å². The summed E-state index contributed by atoms with van der Waals surface area (Å²) >= 11 is 0. The summed E-state index contributed by atoms with van der Waals surface area (Å²) in [4.78, 5) is 19.5. The molecular weight excluding hydrogens is 334 g/mol. The fourth-order valence-electron chi connectivity index (χ4n) is 0.270. The van der Waals surface area contributed by atoms with Gasteiger partial charge in [-0.2, -0.15) is 0 Å². The first-order valence-corrected chi connectivity index (χ1v) is 2.28. The van der Waals surface area contributed by atoms with Gasteiger partial charge in [0.2, 0.25) is 0 Å². The Kier molecular flexibility index (Phi) is 6.18. The molecule has 0 aromatic carbocycles. The fourth-order valence-corrected chi connectivity index (χ4v) is 0.270. The summed E-state index contributed by atoms with van der Waals surface area (Å²) in [6.07, 6.45) is -4.53. The van der Waals surface area contributed by atoms with Gasteiger partial charge in [0.15, 0.2) is 12.2 Å². The molecule has 0 aromatic rings. The SMILES string of the molecule is O=C(O)C(O)C(O)C(=O)O.[Os]. The minimum absolute atomic E-state index is 0. The van der Waals surface area contributed by atoms with E-state index in [1.807, 2.05) is 0 Å². The Balaban J connectivity index is 0. The molecule has 0 aliphatic heterocycles. The van der Waals surface area contributed by atoms with E-state index in [1.165, 1.54) is 0 Å². The second-order valence-electron chi connectivity index (χ2n) is 1.57. The van der Waals surface area contributed by atoms with E-state index in [2.05, 4.69) is 0 Å². The van der Waals surface area contributed by atoms with E-state index in [1.54, 1.807) is 0 Å². The van der Waals surface area contributed by atoms with Crippen LogP contribution < -0.4 is 0 Å². The maximum atomic E-state index is 9.77. The fraction of sp³-hybridized carbons (Fsp3) is 0.500. The van der Waals surface area contributed by atoms with E-state index in [9.17, 15) is 9.59 Å². The van der Waals surface area contributed by atoms with Crippen molar-refractivity contribution in [3.8, 4) is 0 Å². The van der Waals surface area contributed by atoms with Crippen LogP contribution in [0.2, 0.25) is 0 Å². The van der Waals surface area contributed by atoms with Crippen molar-refractivity contribution in [3.63, 3.8) is 0 Å². The van der Waals surface area contributed by atoms with Crippen LogP contribution >= 0.6 is 0 Å². The average Bonchev–Trinajstić information content (AvgIpc) is 1.84. The Hall–Kier alpha value is -0.504. The van der Waals surface area contributed by atoms with Crippen molar-refractivity contribution in [1.29, 1.82) is 0 Å². The third-order valence-corrected chi connectivity index (χ3v) is 0.805. The van der Waals surface area contributed by atoms with Gasteiger partial charge in [0, 0.05) is 19.8 Å². The molecule has 6 nitrogen and oxygen atoms in total. The van der Waals surface area contributed by atoms with Crippen molar-refractivity contribution in [2.24, 2.45) is 0 Å². The number of rotatable bonds is 3. The van der Waals surface area contributed by atoms with Crippen molar-refractivity contribution < 1.29 is 49.8 Å². The molecule has 2 atom stereocenters. The van der Waals surface area contributed by atoms with E-state index in [-0.39, 0.29) is 19.8 Å². The van der Waals surface area contributed by atoms with Gasteiger partial charge in [0.1, 0.15) is 0 Å². The van der Waals surface area contributed by atoms with Crippen molar-refractivity contribution in [2.45, 2.75) is 12.2 Å². The first kappa shape index (κ1) is 13.1. The normalized spacial score (nSPS) is 14.4. The molecule has 7 heteroatoms. The smallest absolute Gasteiger partial charge is 0.335 e. The van der Waals surface area contributed by atoms with Crippen molar-refractivity contribution in [2.75, 3.05) is 0 Å². The van der Waals surface area contributed by atoms with Crippen LogP contribution in [-0.2, 0) is 29.4 Å². The van der Waals surface area contributed by atoms with Gasteiger partial charge >= 0.3 is 11.9 Å². The number of carboxylic acids is 2. The van der Waals surface area contributed by atoms with Gasteiger partial charge in [-0.15, -0.1) is 0 Å². The number of aliphatic hydroxyl groups excluding tert-OH is 2. The van der Waals surface area contributed by atoms with Crippen LogP contribution in [0.4, 0.5) is 0 Å². The van der Waals surface area contributed by atoms with Crippen LogP contribution in [0.5, 0.6) is 0 Å². The molecule has 0 saturated heterocycles. The summed E-state index contributed by atoms with van der Waals surface area (Å²) in [5, 5.41) is 32.5. The van der Waals surface area contributed by atoms with Crippen molar-refractivity contribution in [3.05, 3.63) is 0 Å². The average molecular weight is 340 g/mol. The van der Waals surface area contributed by atoms with Crippen LogP contribution in [0.15, 0.2) is 0 Å². The molecule has 11 heavy (non-hydrogen) atoms. The molecule has 0 saturated carbocycles. The monoisotopic (exact) mass is 342 g/mol. The van der Waals surface area contributed by atoms with Gasteiger partial charge in [0.25, 0.3) is 0 Å². The summed E-state index contributed by atoms with van der Waals surface area (Å²) in [6, 6.07) is 0. The molecule has 0 fully saturated rings. The molecule has 0 rings (SSSR count). The molecule has 0 aromatic heterocycles. The summed E-state index contributed by atoms with van der Waals surface area (Å²) < 4.78 is 0. The maximum Gasteiger partial charge on any atom is 0.335 e. The topological polar surface area (TPSA) is 115 Å². The largest absolute Gasteiger partial charge is 0.479 e. The number of carboxylic acid groups (broad SMARTS) is 2. The Morgan fingerprint density at radius 3 is 1.18 bits per heavy atom. The predicted octanol–water partition coefficient (Wildman–Crippen LogP) is -2.13. The number of aliphatic carboxylic acids is 2. The molecule has 0 heterocycles. The van der Waals surface area contributed by atoms with E-state index in [4.69, 9.17) is 20.4 Å². The Bertz CT molecular complexity index is 139. The van der Waals surface area contributed by atoms with Gasteiger partial charge in [-0.25, -0.2) is 9.59 Å². The summed E-state index contributed by atoms with van der Waals surface area (Å²) in [7, 11) is 0. The molecule has 0 radical (unpaired) electrons. The standard InChI is InChI=1S/C4H6O6.Os/c5-1(3(7)8)2(6)4(9)10;/h1-2,5-6H,(H,7,8)(H,9,10);. The molecular formula is C4H6O6Os. The first-order chi connectivity index (χ1) is 4.46. The number of aliphatic hydroxyl groups is 2. The molecule has 66 valence electrons. The van der Waals surface area contributed by atoms with Crippen molar-refractivity contribution in [1.82, 2.24) is 0 Å². The molecule has 0 aliphatic carbocycles. The van der Waals surface area contributed by atoms with Gasteiger partial charge in [0.05, 0.1) is 0 Å². The zero-order valence-electron chi connectivity index (χ0n) is 5.11. The van der Waals surface area contributed by atoms with E-state index < -0.39 is 24.1 Å². The predicted molar refractivity (Wildman–Crippen MR) is 27.3 cm³/mol. The summed E-state index contributed by atoms with van der Waals surface area (Å²) in [5.41, 5.74) is 0. The van der Waals surface area contributed by atoms with Crippen LogP contribution in [0.25, 0.3) is 0 Å². The van der Waals surface area contributed by atoms with Crippen LogP contribution in [0.3, 0.4) is 0 Å². The maximum absolute atomic E-state index is 9.77. The second-order valence-corrected chi connectivity index (χ2v) is 1.57.